The van der Waals surface area contributed by atoms with Gasteiger partial charge >= 0.3 is 0 Å². The Hall–Kier alpha value is -3.47. The Morgan fingerprint density at radius 3 is 2.36 bits per heavy atom. The van der Waals surface area contributed by atoms with Crippen molar-refractivity contribution in [2.75, 3.05) is 19.0 Å². The summed E-state index contributed by atoms with van der Waals surface area (Å²) in [5, 5.41) is 2.26. The molecular weight excluding hydrogens is 628 g/mol. The van der Waals surface area contributed by atoms with Crippen LogP contribution >= 0.6 is 0 Å². The van der Waals surface area contributed by atoms with E-state index in [-0.39, 0.29) is 31.3 Å². The maximum absolute atomic E-state index is 14.4. The Balaban J connectivity index is 0.000000172. The van der Waals surface area contributed by atoms with Crippen molar-refractivity contribution in [1.82, 2.24) is 15.0 Å². The summed E-state index contributed by atoms with van der Waals surface area (Å²) in [6.45, 7) is 4.13. The number of benzene rings is 2. The molecule has 1 aliphatic carbocycles. The van der Waals surface area contributed by atoms with Crippen molar-refractivity contribution in [2.24, 2.45) is 0 Å². The fraction of sp³-hybridized carbons (Fsp3) is 0.167. The molecule has 36 heavy (non-hydrogen) atoms. The molecule has 0 amide bonds. The number of hydrogen-bond acceptors (Lipinski definition) is 4. The van der Waals surface area contributed by atoms with E-state index in [0.717, 1.165) is 44.7 Å². The van der Waals surface area contributed by atoms with Crippen LogP contribution in [0, 0.1) is 11.9 Å². The van der Waals surface area contributed by atoms with E-state index in [2.05, 4.69) is 47.0 Å². The Bertz CT molecular complexity index is 1510. The second-order valence-electron chi connectivity index (χ2n) is 9.27. The number of fused-ring (bicyclic) bond motifs is 2. The molecule has 0 bridgehead atoms. The van der Waals surface area contributed by atoms with Crippen molar-refractivity contribution in [2.45, 2.75) is 19.3 Å². The fourth-order valence-corrected chi connectivity index (χ4v) is 4.70. The number of halogens is 1. The fourth-order valence-electron chi connectivity index (χ4n) is 4.70. The third-order valence-corrected chi connectivity index (χ3v) is 6.46. The summed E-state index contributed by atoms with van der Waals surface area (Å²) in [6, 6.07) is 24.3. The van der Waals surface area contributed by atoms with Crippen LogP contribution in [0.25, 0.3) is 33.4 Å². The van der Waals surface area contributed by atoms with Crippen molar-refractivity contribution >= 4 is 16.5 Å². The van der Waals surface area contributed by atoms with E-state index in [0.29, 0.717) is 5.56 Å². The van der Waals surface area contributed by atoms with E-state index >= 15 is 0 Å². The third-order valence-electron chi connectivity index (χ3n) is 6.46. The summed E-state index contributed by atoms with van der Waals surface area (Å²) in [5.41, 5.74) is 6.01. The van der Waals surface area contributed by atoms with Gasteiger partial charge in [-0.05, 0) is 57.8 Å². The van der Waals surface area contributed by atoms with Gasteiger partial charge in [-0.15, -0.1) is 23.8 Å². The summed E-state index contributed by atoms with van der Waals surface area (Å²) in [4.78, 5) is 15.1. The molecule has 4 nitrogen and oxygen atoms in total. The van der Waals surface area contributed by atoms with Crippen LogP contribution in [0.1, 0.15) is 25.0 Å². The van der Waals surface area contributed by atoms with Gasteiger partial charge in [-0.2, -0.15) is 0 Å². The molecule has 183 valence electrons. The van der Waals surface area contributed by atoms with Crippen LogP contribution in [-0.4, -0.2) is 29.0 Å². The van der Waals surface area contributed by atoms with Crippen molar-refractivity contribution in [3.63, 3.8) is 0 Å². The minimum absolute atomic E-state index is 0. The van der Waals surface area contributed by atoms with Crippen LogP contribution in [0.5, 0.6) is 0 Å². The number of rotatable bonds is 2. The van der Waals surface area contributed by atoms with Crippen molar-refractivity contribution in [3.05, 3.63) is 108 Å². The summed E-state index contributed by atoms with van der Waals surface area (Å²) in [5.74, 6) is -0.183. The first-order valence-electron chi connectivity index (χ1n) is 11.5. The van der Waals surface area contributed by atoms with E-state index in [4.69, 9.17) is 0 Å². The summed E-state index contributed by atoms with van der Waals surface area (Å²) in [7, 11) is 4.02. The molecule has 5 aromatic rings. The summed E-state index contributed by atoms with van der Waals surface area (Å²) >= 11 is 0. The topological polar surface area (TPSA) is 41.9 Å². The van der Waals surface area contributed by atoms with Crippen molar-refractivity contribution in [1.29, 1.82) is 0 Å². The van der Waals surface area contributed by atoms with Gasteiger partial charge in [0.2, 0.25) is 0 Å². The van der Waals surface area contributed by atoms with Crippen LogP contribution in [0.2, 0.25) is 0 Å². The molecule has 0 N–H and O–H groups in total. The third kappa shape index (κ3) is 4.55. The quantitative estimate of drug-likeness (QED) is 0.199. The van der Waals surface area contributed by atoms with Gasteiger partial charge in [0.25, 0.3) is 0 Å². The summed E-state index contributed by atoms with van der Waals surface area (Å²) < 4.78 is 14.4. The van der Waals surface area contributed by atoms with Gasteiger partial charge < -0.3 is 9.88 Å². The number of hydrogen-bond donors (Lipinski definition) is 0. The Labute approximate surface area is 224 Å². The molecule has 1 radical (unpaired) electrons. The normalized spacial score (nSPS) is 12.6. The number of nitrogens with zero attached hydrogens (tertiary/aromatic N) is 4. The maximum Gasteiger partial charge on any atom is 0.0906 e. The average Bonchev–Trinajstić information content (AvgIpc) is 2.88. The molecule has 3 heterocycles. The van der Waals surface area contributed by atoms with E-state index < -0.39 is 0 Å². The molecule has 0 saturated heterocycles. The predicted molar refractivity (Wildman–Crippen MR) is 140 cm³/mol. The minimum atomic E-state index is -0.382. The molecule has 3 aromatic heterocycles. The molecule has 6 heteroatoms. The van der Waals surface area contributed by atoms with Crippen LogP contribution in [0.4, 0.5) is 10.1 Å². The van der Waals surface area contributed by atoms with Gasteiger partial charge in [0, 0.05) is 64.3 Å². The molecule has 0 saturated carbocycles. The number of pyridine rings is 3. The first kappa shape index (κ1) is 25.6. The predicted octanol–water partition coefficient (Wildman–Crippen LogP) is 6.69. The molecule has 0 fully saturated rings. The first-order valence-corrected chi connectivity index (χ1v) is 11.5. The van der Waals surface area contributed by atoms with Crippen LogP contribution in [-0.2, 0) is 25.5 Å². The van der Waals surface area contributed by atoms with Crippen molar-refractivity contribution < 1.29 is 24.5 Å². The molecule has 0 spiro atoms. The maximum atomic E-state index is 14.4. The van der Waals surface area contributed by atoms with Crippen LogP contribution < -0.4 is 4.90 Å². The molecule has 1 aliphatic rings. The molecule has 0 aliphatic heterocycles. The van der Waals surface area contributed by atoms with E-state index in [1.807, 2.05) is 61.5 Å². The SMILES string of the molecule is CC1(C)c2c([c-]ccc2F)-c2nccc3cccc1c23.CN(C)c1ccnc(-c2ccccn2)c1.[Ir]. The van der Waals surface area contributed by atoms with Gasteiger partial charge in [0.15, 0.2) is 0 Å². The number of aromatic nitrogens is 3. The molecule has 2 aromatic carbocycles. The largest absolute Gasteiger partial charge is 0.378 e. The molecular formula is C30H26FIrN4-. The molecule has 0 atom stereocenters. The molecule has 0 unspecified atom stereocenters. The monoisotopic (exact) mass is 654 g/mol. The van der Waals surface area contributed by atoms with Gasteiger partial charge in [-0.25, -0.2) is 4.39 Å². The second kappa shape index (κ2) is 10.3. The Kier molecular flexibility index (Phi) is 7.30. The minimum Gasteiger partial charge on any atom is -0.378 e. The van der Waals surface area contributed by atoms with Crippen LogP contribution in [0.15, 0.2) is 85.3 Å². The average molecular weight is 654 g/mol. The molecule has 6 rings (SSSR count). The standard InChI is InChI=1S/C18H13FN.C12H13N3.Ir/c1-18(2)13-7-3-5-11-9-10-20-17(15(11)13)12-6-4-8-14(19)16(12)18;1-15(2)10-6-8-14-12(9-10)11-5-3-4-7-13-11;/h3-5,7-10H,1-2H3;3-9H,1-2H3;/q-1;;. The van der Waals surface area contributed by atoms with Gasteiger partial charge in [0.05, 0.1) is 11.4 Å². The summed E-state index contributed by atoms with van der Waals surface area (Å²) in [6.07, 6.45) is 5.36. The Morgan fingerprint density at radius 1 is 0.833 bits per heavy atom. The van der Waals surface area contributed by atoms with Crippen LogP contribution in [0.3, 0.4) is 0 Å². The second-order valence-corrected chi connectivity index (χ2v) is 9.27. The van der Waals surface area contributed by atoms with E-state index in [1.54, 1.807) is 24.7 Å². The zero-order valence-corrected chi connectivity index (χ0v) is 23.0. The number of anilines is 1. The van der Waals surface area contributed by atoms with Gasteiger partial charge in [-0.1, -0.05) is 43.7 Å². The van der Waals surface area contributed by atoms with Crippen molar-refractivity contribution in [3.8, 4) is 22.6 Å². The van der Waals surface area contributed by atoms with E-state index in [9.17, 15) is 4.39 Å². The zero-order chi connectivity index (χ0) is 24.6. The van der Waals surface area contributed by atoms with E-state index in [1.165, 1.54) is 6.07 Å². The first-order chi connectivity index (χ1) is 16.9. The zero-order valence-electron chi connectivity index (χ0n) is 20.6. The Morgan fingerprint density at radius 2 is 1.61 bits per heavy atom. The van der Waals surface area contributed by atoms with Gasteiger partial charge in [-0.3, -0.25) is 9.97 Å². The smallest absolute Gasteiger partial charge is 0.0906 e. The van der Waals surface area contributed by atoms with Gasteiger partial charge in [0.1, 0.15) is 0 Å².